The van der Waals surface area contributed by atoms with Gasteiger partial charge in [0.05, 0.1) is 22.2 Å². The van der Waals surface area contributed by atoms with Gasteiger partial charge < -0.3 is 10.6 Å². The third kappa shape index (κ3) is 5.78. The van der Waals surface area contributed by atoms with Crippen molar-refractivity contribution in [3.05, 3.63) is 92.9 Å². The Morgan fingerprint density at radius 3 is 2.20 bits per heavy atom. The number of carbonyl (C=O) groups is 1. The van der Waals surface area contributed by atoms with Gasteiger partial charge in [-0.1, -0.05) is 71.2 Å². The lowest BCUT2D eigenvalue weighted by Crippen LogP contribution is -2.50. The standard InChI is InChI=1S/C28H28Cl3N3O/c29-20-10-8-18(9-11-20)17-34-22-12-13-23(34)16-21(15-22)32-27(35)14-19-4-1-2-7-26(19)33-28-24(30)5-3-6-25(28)31/h1-11,21-23,33H,12-17H2,(H,32,35). The maximum Gasteiger partial charge on any atom is 0.224 e. The predicted octanol–water partition coefficient (Wildman–Crippen LogP) is 7.24. The molecule has 0 aromatic heterocycles. The number of hydrogen-bond donors (Lipinski definition) is 2. The van der Waals surface area contributed by atoms with Gasteiger partial charge in [0.25, 0.3) is 0 Å². The maximum atomic E-state index is 13.0. The summed E-state index contributed by atoms with van der Waals surface area (Å²) in [6, 6.07) is 22.5. The van der Waals surface area contributed by atoms with Crippen molar-refractivity contribution in [2.75, 3.05) is 5.32 Å². The van der Waals surface area contributed by atoms with Crippen LogP contribution in [0.25, 0.3) is 0 Å². The lowest BCUT2D eigenvalue weighted by atomic mass is 9.96. The van der Waals surface area contributed by atoms with Crippen LogP contribution in [-0.2, 0) is 17.8 Å². The Balaban J connectivity index is 1.20. The fraction of sp³-hybridized carbons (Fsp3) is 0.321. The minimum Gasteiger partial charge on any atom is -0.353 e. The molecular formula is C28H28Cl3N3O. The number of carbonyl (C=O) groups excluding carboxylic acids is 1. The second kappa shape index (κ2) is 10.8. The molecule has 2 aliphatic heterocycles. The van der Waals surface area contributed by atoms with Gasteiger partial charge in [-0.15, -0.1) is 0 Å². The first-order chi connectivity index (χ1) is 17.0. The van der Waals surface area contributed by atoms with E-state index in [9.17, 15) is 4.79 Å². The van der Waals surface area contributed by atoms with Crippen LogP contribution in [-0.4, -0.2) is 28.9 Å². The molecule has 4 nitrogen and oxygen atoms in total. The van der Waals surface area contributed by atoms with E-state index in [1.54, 1.807) is 12.1 Å². The number of rotatable bonds is 7. The molecule has 2 heterocycles. The molecule has 0 radical (unpaired) electrons. The fourth-order valence-electron chi connectivity index (χ4n) is 5.45. The largest absolute Gasteiger partial charge is 0.353 e. The highest BCUT2D eigenvalue weighted by Gasteiger charge is 2.40. The van der Waals surface area contributed by atoms with E-state index in [2.05, 4.69) is 27.7 Å². The van der Waals surface area contributed by atoms with Crippen molar-refractivity contribution >= 4 is 52.1 Å². The molecule has 0 aliphatic carbocycles. The fourth-order valence-corrected chi connectivity index (χ4v) is 6.07. The molecule has 182 valence electrons. The summed E-state index contributed by atoms with van der Waals surface area (Å²) >= 11 is 18.7. The van der Waals surface area contributed by atoms with Gasteiger partial charge >= 0.3 is 0 Å². The van der Waals surface area contributed by atoms with E-state index in [0.717, 1.165) is 35.7 Å². The first-order valence-electron chi connectivity index (χ1n) is 12.0. The number of nitrogens with one attached hydrogen (secondary N) is 2. The zero-order chi connectivity index (χ0) is 24.4. The second-order valence-corrected chi connectivity index (χ2v) is 10.7. The molecule has 0 spiro atoms. The molecule has 35 heavy (non-hydrogen) atoms. The first-order valence-corrected chi connectivity index (χ1v) is 13.2. The van der Waals surface area contributed by atoms with Crippen LogP contribution in [0.15, 0.2) is 66.7 Å². The number of para-hydroxylation sites is 2. The van der Waals surface area contributed by atoms with Crippen molar-refractivity contribution in [1.29, 1.82) is 0 Å². The Morgan fingerprint density at radius 2 is 1.51 bits per heavy atom. The Kier molecular flexibility index (Phi) is 7.54. The average Bonchev–Trinajstić information content (AvgIpc) is 3.06. The zero-order valence-corrected chi connectivity index (χ0v) is 21.6. The number of amides is 1. The van der Waals surface area contributed by atoms with E-state index in [4.69, 9.17) is 34.8 Å². The number of nitrogens with zero attached hydrogens (tertiary/aromatic N) is 1. The minimum absolute atomic E-state index is 0.0417. The molecular weight excluding hydrogens is 501 g/mol. The lowest BCUT2D eigenvalue weighted by molar-refractivity contribution is -0.121. The smallest absolute Gasteiger partial charge is 0.224 e. The third-order valence-corrected chi connectivity index (χ3v) is 8.00. The first kappa shape index (κ1) is 24.5. The summed E-state index contributed by atoms with van der Waals surface area (Å²) in [5.74, 6) is 0.0417. The van der Waals surface area contributed by atoms with Gasteiger partial charge in [-0.2, -0.15) is 0 Å². The highest BCUT2D eigenvalue weighted by atomic mass is 35.5. The number of anilines is 2. The SMILES string of the molecule is O=C(Cc1ccccc1Nc1c(Cl)cccc1Cl)NC1CC2CCC(C1)N2Cc1ccc(Cl)cc1. The van der Waals surface area contributed by atoms with E-state index in [1.807, 2.05) is 42.5 Å². The second-order valence-electron chi connectivity index (χ2n) is 9.48. The van der Waals surface area contributed by atoms with E-state index < -0.39 is 0 Å². The van der Waals surface area contributed by atoms with Crippen molar-refractivity contribution in [3.63, 3.8) is 0 Å². The summed E-state index contributed by atoms with van der Waals surface area (Å²) in [7, 11) is 0. The van der Waals surface area contributed by atoms with Crippen LogP contribution in [0.1, 0.15) is 36.8 Å². The van der Waals surface area contributed by atoms with Crippen LogP contribution in [0, 0.1) is 0 Å². The average molecular weight is 529 g/mol. The molecule has 5 rings (SSSR count). The summed E-state index contributed by atoms with van der Waals surface area (Å²) in [5, 5.41) is 8.47. The van der Waals surface area contributed by atoms with Crippen LogP contribution in [0.5, 0.6) is 0 Å². The molecule has 2 atom stereocenters. The molecule has 2 aliphatic rings. The van der Waals surface area contributed by atoms with E-state index >= 15 is 0 Å². The van der Waals surface area contributed by atoms with E-state index in [-0.39, 0.29) is 11.9 Å². The summed E-state index contributed by atoms with van der Waals surface area (Å²) in [6.07, 6.45) is 4.66. The highest BCUT2D eigenvalue weighted by molar-refractivity contribution is 6.39. The molecule has 7 heteroatoms. The Morgan fingerprint density at radius 1 is 0.857 bits per heavy atom. The van der Waals surface area contributed by atoms with Gasteiger partial charge in [-0.05, 0) is 67.1 Å². The Labute approximate surface area is 221 Å². The lowest BCUT2D eigenvalue weighted by Gasteiger charge is -2.39. The van der Waals surface area contributed by atoms with E-state index in [0.29, 0.717) is 34.2 Å². The summed E-state index contributed by atoms with van der Waals surface area (Å²) in [5.41, 5.74) is 3.67. The number of fused-ring (bicyclic) bond motifs is 2. The van der Waals surface area contributed by atoms with Crippen molar-refractivity contribution in [2.24, 2.45) is 0 Å². The van der Waals surface area contributed by atoms with Crippen LogP contribution in [0.4, 0.5) is 11.4 Å². The van der Waals surface area contributed by atoms with Gasteiger partial charge in [-0.25, -0.2) is 0 Å². The zero-order valence-electron chi connectivity index (χ0n) is 19.3. The third-order valence-electron chi connectivity index (χ3n) is 7.12. The predicted molar refractivity (Wildman–Crippen MR) is 145 cm³/mol. The maximum absolute atomic E-state index is 13.0. The quantitative estimate of drug-likeness (QED) is 0.340. The number of benzene rings is 3. The minimum atomic E-state index is 0.0417. The molecule has 2 unspecified atom stereocenters. The van der Waals surface area contributed by atoms with Crippen molar-refractivity contribution < 1.29 is 4.79 Å². The molecule has 2 bridgehead atoms. The molecule has 0 saturated carbocycles. The van der Waals surface area contributed by atoms with Crippen molar-refractivity contribution in [2.45, 2.75) is 56.8 Å². The van der Waals surface area contributed by atoms with Gasteiger partial charge in [0.15, 0.2) is 0 Å². The van der Waals surface area contributed by atoms with Crippen molar-refractivity contribution in [3.8, 4) is 0 Å². The molecule has 2 fully saturated rings. The molecule has 1 amide bonds. The molecule has 2 saturated heterocycles. The Bertz CT molecular complexity index is 1170. The summed E-state index contributed by atoms with van der Waals surface area (Å²) in [4.78, 5) is 15.6. The van der Waals surface area contributed by atoms with E-state index in [1.165, 1.54) is 18.4 Å². The van der Waals surface area contributed by atoms with Gasteiger partial charge in [0.1, 0.15) is 0 Å². The number of piperidine rings is 1. The molecule has 3 aromatic carbocycles. The van der Waals surface area contributed by atoms with Crippen LogP contribution >= 0.6 is 34.8 Å². The van der Waals surface area contributed by atoms with Crippen LogP contribution < -0.4 is 10.6 Å². The number of halogens is 3. The molecule has 2 N–H and O–H groups in total. The van der Waals surface area contributed by atoms with Gasteiger partial charge in [0, 0.05) is 35.4 Å². The van der Waals surface area contributed by atoms with Crippen molar-refractivity contribution in [1.82, 2.24) is 10.2 Å². The highest BCUT2D eigenvalue weighted by Crippen LogP contribution is 2.37. The topological polar surface area (TPSA) is 44.4 Å². The van der Waals surface area contributed by atoms with Gasteiger partial charge in [-0.3, -0.25) is 9.69 Å². The monoisotopic (exact) mass is 527 g/mol. The normalized spacial score (nSPS) is 21.6. The molecule has 3 aromatic rings. The Hall–Kier alpha value is -2.24. The van der Waals surface area contributed by atoms with Gasteiger partial charge in [0.2, 0.25) is 5.91 Å². The summed E-state index contributed by atoms with van der Waals surface area (Å²) in [6.45, 7) is 0.941. The number of hydrogen-bond acceptors (Lipinski definition) is 3. The summed E-state index contributed by atoms with van der Waals surface area (Å²) < 4.78 is 0. The van der Waals surface area contributed by atoms with Crippen LogP contribution in [0.3, 0.4) is 0 Å². The van der Waals surface area contributed by atoms with Crippen LogP contribution in [0.2, 0.25) is 15.1 Å².